The van der Waals surface area contributed by atoms with Crippen LogP contribution in [0.15, 0.2) is 18.2 Å². The second-order valence-electron chi connectivity index (χ2n) is 7.33. The number of carbonyl (C=O) groups is 2. The third kappa shape index (κ3) is 5.54. The molecule has 1 saturated heterocycles. The van der Waals surface area contributed by atoms with E-state index in [1.165, 1.54) is 9.87 Å². The van der Waals surface area contributed by atoms with Gasteiger partial charge in [-0.25, -0.2) is 8.42 Å². The summed E-state index contributed by atoms with van der Waals surface area (Å²) in [4.78, 5) is 24.5. The lowest BCUT2D eigenvalue weighted by Crippen LogP contribution is -2.43. The van der Waals surface area contributed by atoms with Crippen molar-refractivity contribution in [2.45, 2.75) is 59.0 Å². The van der Waals surface area contributed by atoms with Gasteiger partial charge in [-0.05, 0) is 56.7 Å². The fourth-order valence-corrected chi connectivity index (χ4v) is 5.05. The number of hydrogen-bond acceptors (Lipinski definition) is 5. The molecule has 1 aromatic rings. The molecule has 7 nitrogen and oxygen atoms in total. The Bertz CT molecular complexity index is 822. The Labute approximate surface area is 167 Å². The first kappa shape index (κ1) is 22.4. The zero-order valence-corrected chi connectivity index (χ0v) is 17.8. The normalized spacial score (nSPS) is 18.6. The molecule has 1 aliphatic rings. The summed E-state index contributed by atoms with van der Waals surface area (Å²) in [7, 11) is -3.47. The van der Waals surface area contributed by atoms with Crippen LogP contribution in [0, 0.1) is 13.8 Å². The largest absolute Gasteiger partial charge is 0.454 e. The van der Waals surface area contributed by atoms with E-state index in [1.54, 1.807) is 6.92 Å². The lowest BCUT2D eigenvalue weighted by atomic mass is 10.0. The highest BCUT2D eigenvalue weighted by atomic mass is 32.2. The molecular formula is C20H30N2O5S. The number of benzene rings is 1. The van der Waals surface area contributed by atoms with Gasteiger partial charge >= 0.3 is 5.97 Å². The van der Waals surface area contributed by atoms with E-state index in [2.05, 4.69) is 5.32 Å². The first-order chi connectivity index (χ1) is 13.2. The number of ether oxygens (including phenoxy) is 1. The van der Waals surface area contributed by atoms with Crippen LogP contribution in [0.4, 0.5) is 0 Å². The van der Waals surface area contributed by atoms with Crippen LogP contribution < -0.4 is 5.32 Å². The summed E-state index contributed by atoms with van der Waals surface area (Å²) in [5.41, 5.74) is 3.28. The molecule has 0 aliphatic carbocycles. The number of carbonyl (C=O) groups excluding carboxylic acids is 2. The summed E-state index contributed by atoms with van der Waals surface area (Å²) in [5.74, 6) is -1.07. The van der Waals surface area contributed by atoms with E-state index >= 15 is 0 Å². The quantitative estimate of drug-likeness (QED) is 0.664. The fraction of sp³-hybridized carbons (Fsp3) is 0.600. The number of esters is 1. The van der Waals surface area contributed by atoms with Crippen molar-refractivity contribution in [3.8, 4) is 0 Å². The Morgan fingerprint density at radius 3 is 2.64 bits per heavy atom. The minimum absolute atomic E-state index is 0.00471. The molecule has 0 bridgehead atoms. The third-order valence-electron chi connectivity index (χ3n) is 5.05. The Balaban J connectivity index is 1.89. The van der Waals surface area contributed by atoms with E-state index in [4.69, 9.17) is 4.74 Å². The first-order valence-electron chi connectivity index (χ1n) is 9.68. The van der Waals surface area contributed by atoms with Crippen LogP contribution in [0.1, 0.15) is 55.8 Å². The Kier molecular flexibility index (Phi) is 7.60. The Morgan fingerprint density at radius 2 is 2.00 bits per heavy atom. The average molecular weight is 411 g/mol. The number of aryl methyl sites for hydroxylation is 2. The summed E-state index contributed by atoms with van der Waals surface area (Å²) in [6.07, 6.45) is 1.51. The van der Waals surface area contributed by atoms with Crippen LogP contribution in [-0.2, 0) is 24.3 Å². The Morgan fingerprint density at radius 1 is 1.29 bits per heavy atom. The second kappa shape index (κ2) is 9.52. The van der Waals surface area contributed by atoms with Crippen molar-refractivity contribution in [1.82, 2.24) is 9.62 Å². The van der Waals surface area contributed by atoms with E-state index in [0.717, 1.165) is 11.1 Å². The van der Waals surface area contributed by atoms with Gasteiger partial charge in [0.1, 0.15) is 6.04 Å². The number of nitrogens with zero attached hydrogens (tertiary/aromatic N) is 1. The molecule has 0 radical (unpaired) electrons. The van der Waals surface area contributed by atoms with Crippen LogP contribution in [0.3, 0.4) is 0 Å². The minimum atomic E-state index is -3.47. The molecule has 1 heterocycles. The smallest absolute Gasteiger partial charge is 0.324 e. The topological polar surface area (TPSA) is 92.8 Å². The standard InChI is InChI=1S/C20H30N2O5S/c1-5-11-28(25,26)22-10-6-7-18(22)20(24)27-13-19(23)21-16(4)17-9-8-14(2)15(3)12-17/h8-9,12,16,18H,5-7,10-11,13H2,1-4H3,(H,21,23). The maximum Gasteiger partial charge on any atom is 0.324 e. The maximum atomic E-state index is 12.3. The number of sulfonamides is 1. The Hall–Kier alpha value is -1.93. The van der Waals surface area contributed by atoms with Gasteiger partial charge in [0, 0.05) is 6.54 Å². The van der Waals surface area contributed by atoms with Gasteiger partial charge in [-0.2, -0.15) is 4.31 Å². The molecule has 1 aromatic carbocycles. The van der Waals surface area contributed by atoms with Crippen molar-refractivity contribution >= 4 is 21.9 Å². The van der Waals surface area contributed by atoms with Crippen molar-refractivity contribution in [1.29, 1.82) is 0 Å². The van der Waals surface area contributed by atoms with Gasteiger partial charge in [0.05, 0.1) is 11.8 Å². The van der Waals surface area contributed by atoms with Gasteiger partial charge in [-0.3, -0.25) is 9.59 Å². The second-order valence-corrected chi connectivity index (χ2v) is 9.37. The van der Waals surface area contributed by atoms with Crippen LogP contribution in [0.5, 0.6) is 0 Å². The van der Waals surface area contributed by atoms with Gasteiger partial charge in [-0.1, -0.05) is 25.1 Å². The van der Waals surface area contributed by atoms with Gasteiger partial charge in [0.25, 0.3) is 5.91 Å². The average Bonchev–Trinajstić information content (AvgIpc) is 3.12. The van der Waals surface area contributed by atoms with Gasteiger partial charge < -0.3 is 10.1 Å². The first-order valence-corrected chi connectivity index (χ1v) is 11.3. The number of hydrogen-bond donors (Lipinski definition) is 1. The molecule has 1 amide bonds. The van der Waals surface area contributed by atoms with E-state index in [1.807, 2.05) is 39.0 Å². The molecule has 2 unspecified atom stereocenters. The van der Waals surface area contributed by atoms with Gasteiger partial charge in [0.2, 0.25) is 10.0 Å². The molecule has 2 rings (SSSR count). The number of amides is 1. The van der Waals surface area contributed by atoms with E-state index in [0.29, 0.717) is 25.8 Å². The van der Waals surface area contributed by atoms with Crippen molar-refractivity contribution in [3.05, 3.63) is 34.9 Å². The summed E-state index contributed by atoms with van der Waals surface area (Å²) in [6, 6.07) is 4.91. The lowest BCUT2D eigenvalue weighted by Gasteiger charge is -2.22. The predicted octanol–water partition coefficient (Wildman–Crippen LogP) is 2.23. The zero-order valence-electron chi connectivity index (χ0n) is 17.0. The van der Waals surface area contributed by atoms with E-state index in [-0.39, 0.29) is 11.8 Å². The van der Waals surface area contributed by atoms with Crippen LogP contribution >= 0.6 is 0 Å². The van der Waals surface area contributed by atoms with E-state index < -0.39 is 34.5 Å². The third-order valence-corrected chi connectivity index (χ3v) is 7.12. The fourth-order valence-electron chi connectivity index (χ4n) is 3.32. The minimum Gasteiger partial charge on any atom is -0.454 e. The summed E-state index contributed by atoms with van der Waals surface area (Å²) < 4.78 is 30.9. The molecule has 0 saturated carbocycles. The number of rotatable bonds is 8. The number of nitrogens with one attached hydrogen (secondary N) is 1. The van der Waals surface area contributed by atoms with Gasteiger partial charge in [-0.15, -0.1) is 0 Å². The molecular weight excluding hydrogens is 380 g/mol. The molecule has 1 N–H and O–H groups in total. The molecule has 1 aliphatic heterocycles. The molecule has 2 atom stereocenters. The van der Waals surface area contributed by atoms with Gasteiger partial charge in [0.15, 0.2) is 6.61 Å². The lowest BCUT2D eigenvalue weighted by molar-refractivity contribution is -0.151. The highest BCUT2D eigenvalue weighted by Gasteiger charge is 2.39. The summed E-state index contributed by atoms with van der Waals surface area (Å²) in [5, 5.41) is 2.80. The SMILES string of the molecule is CCCS(=O)(=O)N1CCCC1C(=O)OCC(=O)NC(C)c1ccc(C)c(C)c1. The zero-order chi connectivity index (χ0) is 20.9. The molecule has 28 heavy (non-hydrogen) atoms. The van der Waals surface area contributed by atoms with Crippen molar-refractivity contribution in [2.24, 2.45) is 0 Å². The molecule has 1 fully saturated rings. The molecule has 156 valence electrons. The molecule has 0 spiro atoms. The van der Waals surface area contributed by atoms with Crippen LogP contribution in [0.2, 0.25) is 0 Å². The van der Waals surface area contributed by atoms with Crippen LogP contribution in [0.25, 0.3) is 0 Å². The highest BCUT2D eigenvalue weighted by Crippen LogP contribution is 2.23. The molecule has 8 heteroatoms. The van der Waals surface area contributed by atoms with Crippen molar-refractivity contribution in [3.63, 3.8) is 0 Å². The van der Waals surface area contributed by atoms with Crippen LogP contribution in [-0.4, -0.2) is 49.5 Å². The predicted molar refractivity (Wildman–Crippen MR) is 107 cm³/mol. The summed E-state index contributed by atoms with van der Waals surface area (Å²) >= 11 is 0. The van der Waals surface area contributed by atoms with E-state index in [9.17, 15) is 18.0 Å². The molecule has 0 aromatic heterocycles. The van der Waals surface area contributed by atoms with Crippen molar-refractivity contribution in [2.75, 3.05) is 18.9 Å². The highest BCUT2D eigenvalue weighted by molar-refractivity contribution is 7.89. The van der Waals surface area contributed by atoms with Crippen molar-refractivity contribution < 1.29 is 22.7 Å². The maximum absolute atomic E-state index is 12.3. The summed E-state index contributed by atoms with van der Waals surface area (Å²) in [6.45, 7) is 7.57. The monoisotopic (exact) mass is 410 g/mol.